The second kappa shape index (κ2) is 6.31. The van der Waals surface area contributed by atoms with E-state index in [0.29, 0.717) is 12.5 Å². The van der Waals surface area contributed by atoms with Gasteiger partial charge in [-0.05, 0) is 23.5 Å². The first-order valence-electron chi connectivity index (χ1n) is 5.79. The third kappa shape index (κ3) is 4.96. The van der Waals surface area contributed by atoms with Crippen molar-refractivity contribution in [2.24, 2.45) is 5.92 Å². The summed E-state index contributed by atoms with van der Waals surface area (Å²) >= 11 is 0. The predicted molar refractivity (Wildman–Crippen MR) is 65.3 cm³/mol. The Hall–Kier alpha value is -1.31. The number of hydrogen-bond donors (Lipinski definition) is 0. The molecule has 0 aliphatic rings. The summed E-state index contributed by atoms with van der Waals surface area (Å²) in [4.78, 5) is 10.6. The molecular weight excluding hydrogens is 200 g/mol. The minimum atomic E-state index is -0.212. The summed E-state index contributed by atoms with van der Waals surface area (Å²) in [6.45, 7) is 6.34. The van der Waals surface area contributed by atoms with Crippen molar-refractivity contribution in [3.8, 4) is 0 Å². The standard InChI is InChI=1S/C14H20O2/c1-11(2)10-14-6-4-13(5-7-14)8-9-16-12(3)15/h4-7,11H,8-10H2,1-3H3. The average molecular weight is 220 g/mol. The predicted octanol–water partition coefficient (Wildman–Crippen LogP) is 2.99. The van der Waals surface area contributed by atoms with E-state index in [0.717, 1.165) is 12.8 Å². The van der Waals surface area contributed by atoms with E-state index in [1.807, 2.05) is 0 Å². The Bertz CT molecular complexity index is 325. The molecule has 1 aromatic carbocycles. The lowest BCUT2D eigenvalue weighted by Crippen LogP contribution is -2.03. The van der Waals surface area contributed by atoms with Crippen LogP contribution in [0.25, 0.3) is 0 Å². The van der Waals surface area contributed by atoms with Crippen LogP contribution in [0.1, 0.15) is 31.9 Å². The van der Waals surface area contributed by atoms with Crippen molar-refractivity contribution in [2.75, 3.05) is 6.61 Å². The zero-order valence-electron chi connectivity index (χ0n) is 10.3. The monoisotopic (exact) mass is 220 g/mol. The molecule has 0 aliphatic heterocycles. The van der Waals surface area contributed by atoms with Crippen molar-refractivity contribution in [3.05, 3.63) is 35.4 Å². The van der Waals surface area contributed by atoms with Crippen molar-refractivity contribution in [3.63, 3.8) is 0 Å². The molecule has 1 aromatic rings. The SMILES string of the molecule is CC(=O)OCCc1ccc(CC(C)C)cc1. The normalized spacial score (nSPS) is 10.5. The van der Waals surface area contributed by atoms with Crippen LogP contribution in [0, 0.1) is 5.92 Å². The van der Waals surface area contributed by atoms with Crippen molar-refractivity contribution in [1.82, 2.24) is 0 Å². The summed E-state index contributed by atoms with van der Waals surface area (Å²) in [6.07, 6.45) is 1.91. The van der Waals surface area contributed by atoms with E-state index in [1.165, 1.54) is 18.1 Å². The van der Waals surface area contributed by atoms with E-state index in [9.17, 15) is 4.79 Å². The molecule has 16 heavy (non-hydrogen) atoms. The van der Waals surface area contributed by atoms with E-state index in [-0.39, 0.29) is 5.97 Å². The van der Waals surface area contributed by atoms with Crippen LogP contribution in [0.5, 0.6) is 0 Å². The molecule has 0 heterocycles. The van der Waals surface area contributed by atoms with Crippen LogP contribution in [0.3, 0.4) is 0 Å². The topological polar surface area (TPSA) is 26.3 Å². The molecule has 88 valence electrons. The summed E-state index contributed by atoms with van der Waals surface area (Å²) < 4.78 is 4.90. The lowest BCUT2D eigenvalue weighted by Gasteiger charge is -2.06. The molecule has 2 nitrogen and oxygen atoms in total. The maximum atomic E-state index is 10.6. The summed E-state index contributed by atoms with van der Waals surface area (Å²) in [5.74, 6) is 0.475. The quantitative estimate of drug-likeness (QED) is 0.713. The van der Waals surface area contributed by atoms with Gasteiger partial charge >= 0.3 is 5.97 Å². The summed E-state index contributed by atoms with van der Waals surface area (Å²) in [5.41, 5.74) is 2.58. The van der Waals surface area contributed by atoms with Gasteiger partial charge in [-0.15, -0.1) is 0 Å². The number of ether oxygens (including phenoxy) is 1. The molecule has 0 aliphatic carbocycles. The van der Waals surface area contributed by atoms with Crippen LogP contribution in [0.2, 0.25) is 0 Å². The Morgan fingerprint density at radius 2 is 1.75 bits per heavy atom. The van der Waals surface area contributed by atoms with Gasteiger partial charge in [0.15, 0.2) is 0 Å². The first-order chi connectivity index (χ1) is 7.58. The van der Waals surface area contributed by atoms with Gasteiger partial charge in [-0.3, -0.25) is 4.79 Å². The largest absolute Gasteiger partial charge is 0.466 e. The fraction of sp³-hybridized carbons (Fsp3) is 0.500. The molecule has 0 unspecified atom stereocenters. The molecule has 0 saturated heterocycles. The molecule has 0 N–H and O–H groups in total. The van der Waals surface area contributed by atoms with E-state index in [1.54, 1.807) is 0 Å². The number of rotatable bonds is 5. The number of benzene rings is 1. The van der Waals surface area contributed by atoms with Gasteiger partial charge in [0, 0.05) is 13.3 Å². The maximum Gasteiger partial charge on any atom is 0.302 e. The summed E-state index contributed by atoms with van der Waals surface area (Å²) in [5, 5.41) is 0. The fourth-order valence-corrected chi connectivity index (χ4v) is 1.63. The second-order valence-electron chi connectivity index (χ2n) is 4.50. The molecule has 0 amide bonds. The van der Waals surface area contributed by atoms with Gasteiger partial charge in [-0.25, -0.2) is 0 Å². The summed E-state index contributed by atoms with van der Waals surface area (Å²) in [7, 11) is 0. The highest BCUT2D eigenvalue weighted by molar-refractivity contribution is 5.65. The van der Waals surface area contributed by atoms with Crippen LogP contribution in [-0.4, -0.2) is 12.6 Å². The molecule has 0 atom stereocenters. The molecule has 0 aromatic heterocycles. The first kappa shape index (κ1) is 12.8. The highest BCUT2D eigenvalue weighted by Crippen LogP contribution is 2.10. The molecule has 0 bridgehead atoms. The first-order valence-corrected chi connectivity index (χ1v) is 5.79. The number of carbonyl (C=O) groups is 1. The van der Waals surface area contributed by atoms with Crippen LogP contribution >= 0.6 is 0 Å². The average Bonchev–Trinajstić information content (AvgIpc) is 2.19. The summed E-state index contributed by atoms with van der Waals surface area (Å²) in [6, 6.07) is 8.54. The Labute approximate surface area is 97.6 Å². The van der Waals surface area contributed by atoms with Crippen molar-refractivity contribution in [1.29, 1.82) is 0 Å². The van der Waals surface area contributed by atoms with Crippen molar-refractivity contribution in [2.45, 2.75) is 33.6 Å². The molecular formula is C14H20O2. The molecule has 0 radical (unpaired) electrons. The van der Waals surface area contributed by atoms with E-state index < -0.39 is 0 Å². The Balaban J connectivity index is 2.42. The van der Waals surface area contributed by atoms with Crippen LogP contribution < -0.4 is 0 Å². The van der Waals surface area contributed by atoms with Crippen molar-refractivity contribution < 1.29 is 9.53 Å². The number of esters is 1. The molecule has 0 fully saturated rings. The van der Waals surface area contributed by atoms with Crippen LogP contribution in [0.15, 0.2) is 24.3 Å². The Morgan fingerprint density at radius 1 is 1.19 bits per heavy atom. The van der Waals surface area contributed by atoms with Crippen LogP contribution in [0.4, 0.5) is 0 Å². The Morgan fingerprint density at radius 3 is 2.25 bits per heavy atom. The van der Waals surface area contributed by atoms with Gasteiger partial charge in [0.1, 0.15) is 0 Å². The van der Waals surface area contributed by atoms with E-state index in [2.05, 4.69) is 38.1 Å². The van der Waals surface area contributed by atoms with Gasteiger partial charge < -0.3 is 4.74 Å². The van der Waals surface area contributed by atoms with Gasteiger partial charge in [0.2, 0.25) is 0 Å². The minimum absolute atomic E-state index is 0.212. The lowest BCUT2D eigenvalue weighted by atomic mass is 10.0. The van der Waals surface area contributed by atoms with Gasteiger partial charge in [0.25, 0.3) is 0 Å². The number of carbonyl (C=O) groups excluding carboxylic acids is 1. The maximum absolute atomic E-state index is 10.6. The smallest absolute Gasteiger partial charge is 0.302 e. The zero-order chi connectivity index (χ0) is 12.0. The van der Waals surface area contributed by atoms with E-state index in [4.69, 9.17) is 4.74 Å². The zero-order valence-corrected chi connectivity index (χ0v) is 10.3. The van der Waals surface area contributed by atoms with Gasteiger partial charge in [0.05, 0.1) is 6.61 Å². The van der Waals surface area contributed by atoms with Gasteiger partial charge in [-0.2, -0.15) is 0 Å². The van der Waals surface area contributed by atoms with Crippen LogP contribution in [-0.2, 0) is 22.4 Å². The second-order valence-corrected chi connectivity index (χ2v) is 4.50. The third-order valence-corrected chi connectivity index (χ3v) is 2.36. The highest BCUT2D eigenvalue weighted by atomic mass is 16.5. The fourth-order valence-electron chi connectivity index (χ4n) is 1.63. The Kier molecular flexibility index (Phi) is 5.03. The molecule has 0 spiro atoms. The van der Waals surface area contributed by atoms with Gasteiger partial charge in [-0.1, -0.05) is 38.1 Å². The van der Waals surface area contributed by atoms with E-state index >= 15 is 0 Å². The van der Waals surface area contributed by atoms with Crippen molar-refractivity contribution >= 4 is 5.97 Å². The molecule has 2 heteroatoms. The number of hydrogen-bond acceptors (Lipinski definition) is 2. The highest BCUT2D eigenvalue weighted by Gasteiger charge is 1.99. The lowest BCUT2D eigenvalue weighted by molar-refractivity contribution is -0.140. The third-order valence-electron chi connectivity index (χ3n) is 2.36. The molecule has 0 saturated carbocycles. The molecule has 1 rings (SSSR count). The minimum Gasteiger partial charge on any atom is -0.466 e.